The number of amides is 2. The van der Waals surface area contributed by atoms with Crippen LogP contribution in [0, 0.1) is 13.8 Å². The van der Waals surface area contributed by atoms with E-state index in [0.717, 1.165) is 28.6 Å². The number of carbonyl (C=O) groups excluding carboxylic acids is 2. The fourth-order valence-corrected chi connectivity index (χ4v) is 3.96. The van der Waals surface area contributed by atoms with Gasteiger partial charge in [0.15, 0.2) is 0 Å². The van der Waals surface area contributed by atoms with Crippen LogP contribution in [-0.2, 0) is 11.8 Å². The molecule has 0 aliphatic carbocycles. The topological polar surface area (TPSA) is 63.6 Å². The molecule has 0 spiro atoms. The Morgan fingerprint density at radius 3 is 2.55 bits per heavy atom. The SMILES string of the molecule is COc1ccc2c(c1)c(N1CCCC1=O)c(C(=O)Nc1ccc(C)c(C)c1)n2C. The van der Waals surface area contributed by atoms with Crippen LogP contribution in [-0.4, -0.2) is 30.0 Å². The van der Waals surface area contributed by atoms with Gasteiger partial charge in [-0.3, -0.25) is 9.59 Å². The lowest BCUT2D eigenvalue weighted by molar-refractivity contribution is -0.117. The number of ether oxygens (including phenoxy) is 1. The Balaban J connectivity index is 1.85. The molecule has 0 unspecified atom stereocenters. The molecule has 1 fully saturated rings. The molecule has 1 aliphatic rings. The Labute approximate surface area is 170 Å². The van der Waals surface area contributed by atoms with E-state index in [9.17, 15) is 9.59 Å². The predicted octanol–water partition coefficient (Wildman–Crippen LogP) is 4.18. The quantitative estimate of drug-likeness (QED) is 0.726. The van der Waals surface area contributed by atoms with Gasteiger partial charge in [0.25, 0.3) is 5.91 Å². The van der Waals surface area contributed by atoms with Crippen molar-refractivity contribution in [2.75, 3.05) is 23.9 Å². The molecule has 2 aromatic carbocycles. The number of benzene rings is 2. The van der Waals surface area contributed by atoms with Gasteiger partial charge < -0.3 is 19.5 Å². The van der Waals surface area contributed by atoms with E-state index < -0.39 is 0 Å². The lowest BCUT2D eigenvalue weighted by Crippen LogP contribution is -2.27. The van der Waals surface area contributed by atoms with Crippen molar-refractivity contribution in [2.24, 2.45) is 7.05 Å². The number of nitrogens with one attached hydrogen (secondary N) is 1. The maximum atomic E-state index is 13.3. The molecular weight excluding hydrogens is 366 g/mol. The van der Waals surface area contributed by atoms with Crippen molar-refractivity contribution in [2.45, 2.75) is 26.7 Å². The van der Waals surface area contributed by atoms with E-state index in [2.05, 4.69) is 5.32 Å². The largest absolute Gasteiger partial charge is 0.497 e. The van der Waals surface area contributed by atoms with Gasteiger partial charge >= 0.3 is 0 Å². The maximum Gasteiger partial charge on any atom is 0.274 e. The van der Waals surface area contributed by atoms with Gasteiger partial charge in [-0.1, -0.05) is 6.07 Å². The summed E-state index contributed by atoms with van der Waals surface area (Å²) in [5.41, 5.74) is 5.03. The summed E-state index contributed by atoms with van der Waals surface area (Å²) in [6, 6.07) is 11.5. The maximum absolute atomic E-state index is 13.3. The molecule has 3 aromatic rings. The second kappa shape index (κ2) is 7.28. The zero-order valence-corrected chi connectivity index (χ0v) is 17.2. The minimum Gasteiger partial charge on any atom is -0.497 e. The Morgan fingerprint density at radius 1 is 1.10 bits per heavy atom. The van der Waals surface area contributed by atoms with Crippen LogP contribution in [0.3, 0.4) is 0 Å². The monoisotopic (exact) mass is 391 g/mol. The smallest absolute Gasteiger partial charge is 0.274 e. The van der Waals surface area contributed by atoms with E-state index in [0.29, 0.717) is 30.1 Å². The third kappa shape index (κ3) is 3.24. The first kappa shape index (κ1) is 19.1. The van der Waals surface area contributed by atoms with Crippen molar-refractivity contribution in [3.8, 4) is 5.75 Å². The number of aryl methyl sites for hydroxylation is 3. The van der Waals surface area contributed by atoms with Crippen LogP contribution in [0.5, 0.6) is 5.75 Å². The molecule has 0 atom stereocenters. The van der Waals surface area contributed by atoms with Gasteiger partial charge in [0.2, 0.25) is 5.91 Å². The Hall–Kier alpha value is -3.28. The zero-order valence-electron chi connectivity index (χ0n) is 17.2. The zero-order chi connectivity index (χ0) is 20.7. The minimum absolute atomic E-state index is 0.0422. The van der Waals surface area contributed by atoms with Crippen LogP contribution in [0.4, 0.5) is 11.4 Å². The minimum atomic E-state index is -0.236. The first-order valence-corrected chi connectivity index (χ1v) is 9.76. The lowest BCUT2D eigenvalue weighted by atomic mass is 10.1. The molecule has 4 rings (SSSR count). The van der Waals surface area contributed by atoms with E-state index >= 15 is 0 Å². The van der Waals surface area contributed by atoms with Crippen LogP contribution in [0.2, 0.25) is 0 Å². The second-order valence-electron chi connectivity index (χ2n) is 7.54. The van der Waals surface area contributed by atoms with Crippen molar-refractivity contribution in [3.63, 3.8) is 0 Å². The Morgan fingerprint density at radius 2 is 1.90 bits per heavy atom. The summed E-state index contributed by atoms with van der Waals surface area (Å²) in [6.45, 7) is 4.66. The molecule has 1 saturated heterocycles. The van der Waals surface area contributed by atoms with Crippen molar-refractivity contribution in [3.05, 3.63) is 53.2 Å². The highest BCUT2D eigenvalue weighted by molar-refractivity contribution is 6.17. The summed E-state index contributed by atoms with van der Waals surface area (Å²) in [4.78, 5) is 27.6. The van der Waals surface area contributed by atoms with Crippen molar-refractivity contribution in [1.29, 1.82) is 0 Å². The molecule has 29 heavy (non-hydrogen) atoms. The number of hydrogen-bond acceptors (Lipinski definition) is 3. The highest BCUT2D eigenvalue weighted by atomic mass is 16.5. The van der Waals surface area contributed by atoms with Crippen molar-refractivity contribution < 1.29 is 14.3 Å². The molecule has 2 amide bonds. The van der Waals surface area contributed by atoms with Gasteiger partial charge in [-0.15, -0.1) is 0 Å². The summed E-state index contributed by atoms with van der Waals surface area (Å²) >= 11 is 0. The average molecular weight is 391 g/mol. The standard InChI is InChI=1S/C23H25N3O3/c1-14-7-8-16(12-15(14)2)24-23(28)22-21(26-11-5-6-20(26)27)18-13-17(29-4)9-10-19(18)25(22)3/h7-10,12-13H,5-6,11H2,1-4H3,(H,24,28). The molecule has 1 aromatic heterocycles. The summed E-state index contributed by atoms with van der Waals surface area (Å²) in [5, 5.41) is 3.85. The van der Waals surface area contributed by atoms with Crippen molar-refractivity contribution >= 4 is 34.1 Å². The van der Waals surface area contributed by atoms with Crippen LogP contribution < -0.4 is 15.0 Å². The van der Waals surface area contributed by atoms with Crippen LogP contribution >= 0.6 is 0 Å². The van der Waals surface area contributed by atoms with E-state index in [4.69, 9.17) is 4.74 Å². The third-order valence-corrected chi connectivity index (χ3v) is 5.70. The normalized spacial score (nSPS) is 13.9. The van der Waals surface area contributed by atoms with Crippen molar-refractivity contribution in [1.82, 2.24) is 4.57 Å². The van der Waals surface area contributed by atoms with Crippen LogP contribution in [0.1, 0.15) is 34.5 Å². The number of aromatic nitrogens is 1. The first-order chi connectivity index (χ1) is 13.9. The second-order valence-corrected chi connectivity index (χ2v) is 7.54. The van der Waals surface area contributed by atoms with E-state index in [-0.39, 0.29) is 11.8 Å². The van der Waals surface area contributed by atoms with E-state index in [1.165, 1.54) is 5.56 Å². The predicted molar refractivity (Wildman–Crippen MR) is 115 cm³/mol. The van der Waals surface area contributed by atoms with E-state index in [1.807, 2.05) is 61.9 Å². The lowest BCUT2D eigenvalue weighted by Gasteiger charge is -2.18. The molecule has 0 saturated carbocycles. The van der Waals surface area contributed by atoms with Crippen LogP contribution in [0.25, 0.3) is 10.9 Å². The number of rotatable bonds is 4. The number of methoxy groups -OCH3 is 1. The third-order valence-electron chi connectivity index (χ3n) is 5.70. The van der Waals surface area contributed by atoms with Gasteiger partial charge in [0, 0.05) is 31.1 Å². The molecule has 2 heterocycles. The highest BCUT2D eigenvalue weighted by Crippen LogP contribution is 2.38. The van der Waals surface area contributed by atoms with Gasteiger partial charge in [-0.25, -0.2) is 0 Å². The molecular formula is C23H25N3O3. The summed E-state index contributed by atoms with van der Waals surface area (Å²) < 4.78 is 7.24. The van der Waals surface area contributed by atoms with Crippen LogP contribution in [0.15, 0.2) is 36.4 Å². The summed E-state index contributed by atoms with van der Waals surface area (Å²) in [7, 11) is 3.46. The number of hydrogen-bond donors (Lipinski definition) is 1. The molecule has 1 N–H and O–H groups in total. The molecule has 6 nitrogen and oxygen atoms in total. The molecule has 0 radical (unpaired) electrons. The number of anilines is 2. The fourth-order valence-electron chi connectivity index (χ4n) is 3.96. The molecule has 0 bridgehead atoms. The number of carbonyl (C=O) groups is 2. The molecule has 150 valence electrons. The number of nitrogens with zero attached hydrogens (tertiary/aromatic N) is 2. The highest BCUT2D eigenvalue weighted by Gasteiger charge is 2.31. The Bertz CT molecular complexity index is 1130. The van der Waals surface area contributed by atoms with E-state index in [1.54, 1.807) is 12.0 Å². The Kier molecular flexibility index (Phi) is 4.78. The molecule has 1 aliphatic heterocycles. The first-order valence-electron chi connectivity index (χ1n) is 9.76. The van der Waals surface area contributed by atoms with Gasteiger partial charge in [0.05, 0.1) is 18.3 Å². The fraction of sp³-hybridized carbons (Fsp3) is 0.304. The average Bonchev–Trinajstić information content (AvgIpc) is 3.24. The number of fused-ring (bicyclic) bond motifs is 1. The van der Waals surface area contributed by atoms with Gasteiger partial charge in [-0.2, -0.15) is 0 Å². The van der Waals surface area contributed by atoms with Gasteiger partial charge in [-0.05, 0) is 61.7 Å². The van der Waals surface area contributed by atoms with Gasteiger partial charge in [0.1, 0.15) is 11.4 Å². The summed E-state index contributed by atoms with van der Waals surface area (Å²) in [6.07, 6.45) is 1.29. The summed E-state index contributed by atoms with van der Waals surface area (Å²) in [5.74, 6) is 0.498. The molecule has 6 heteroatoms.